The largest absolute Gasteiger partial charge is 0.389 e. The highest BCUT2D eigenvalue weighted by atomic mass is 16.5. The van der Waals surface area contributed by atoms with E-state index >= 15 is 0 Å². The zero-order valence-corrected chi connectivity index (χ0v) is 14.5. The summed E-state index contributed by atoms with van der Waals surface area (Å²) < 4.78 is 5.40. The molecule has 0 aliphatic carbocycles. The van der Waals surface area contributed by atoms with Crippen LogP contribution in [0.15, 0.2) is 48.5 Å². The molecular weight excluding hydrogens is 302 g/mol. The number of carbonyl (C=O) groups is 1. The summed E-state index contributed by atoms with van der Waals surface area (Å²) in [6.45, 7) is 6.69. The minimum Gasteiger partial charge on any atom is -0.389 e. The summed E-state index contributed by atoms with van der Waals surface area (Å²) in [5.74, 6) is -0.0987. The van der Waals surface area contributed by atoms with E-state index in [0.29, 0.717) is 18.7 Å². The number of nitrogens with one attached hydrogen (secondary N) is 1. The summed E-state index contributed by atoms with van der Waals surface area (Å²) in [5.41, 5.74) is 3.60. The molecule has 0 saturated heterocycles. The molecule has 4 heteroatoms. The molecule has 128 valence electrons. The fourth-order valence-corrected chi connectivity index (χ4v) is 2.33. The maximum atomic E-state index is 12.1. The molecule has 0 aliphatic heterocycles. The van der Waals surface area contributed by atoms with Gasteiger partial charge in [-0.25, -0.2) is 0 Å². The van der Waals surface area contributed by atoms with Crippen molar-refractivity contribution in [3.05, 3.63) is 59.7 Å². The van der Waals surface area contributed by atoms with Gasteiger partial charge in [0.2, 0.25) is 0 Å². The zero-order chi connectivity index (χ0) is 17.5. The Morgan fingerprint density at radius 2 is 1.54 bits per heavy atom. The van der Waals surface area contributed by atoms with E-state index in [-0.39, 0.29) is 12.0 Å². The lowest BCUT2D eigenvalue weighted by molar-refractivity contribution is 0.0746. The minimum atomic E-state index is -0.468. The Kier molecular flexibility index (Phi) is 6.53. The van der Waals surface area contributed by atoms with E-state index in [2.05, 4.69) is 5.32 Å². The Labute approximate surface area is 143 Å². The molecule has 0 unspecified atom stereocenters. The van der Waals surface area contributed by atoms with Crippen LogP contribution in [-0.4, -0.2) is 30.3 Å². The van der Waals surface area contributed by atoms with Crippen LogP contribution in [0.5, 0.6) is 0 Å². The second-order valence-corrected chi connectivity index (χ2v) is 6.05. The number of rotatable bonds is 7. The number of amides is 1. The smallest absolute Gasteiger partial charge is 0.251 e. The van der Waals surface area contributed by atoms with Gasteiger partial charge in [-0.15, -0.1) is 0 Å². The molecule has 0 aromatic heterocycles. The molecular formula is C20H25NO3. The van der Waals surface area contributed by atoms with Gasteiger partial charge in [0.05, 0.1) is 18.8 Å². The molecule has 0 saturated carbocycles. The molecule has 2 rings (SSSR count). The number of aliphatic hydroxyl groups is 1. The summed E-state index contributed by atoms with van der Waals surface area (Å²) >= 11 is 0. The van der Waals surface area contributed by atoms with Crippen LogP contribution in [0, 0.1) is 0 Å². The number of carbonyl (C=O) groups excluding carboxylic acids is 1. The third-order valence-electron chi connectivity index (χ3n) is 3.71. The van der Waals surface area contributed by atoms with E-state index < -0.39 is 6.10 Å². The van der Waals surface area contributed by atoms with Gasteiger partial charge in [-0.3, -0.25) is 4.79 Å². The van der Waals surface area contributed by atoms with Crippen molar-refractivity contribution in [1.82, 2.24) is 5.32 Å². The van der Waals surface area contributed by atoms with Gasteiger partial charge in [0.1, 0.15) is 0 Å². The average molecular weight is 327 g/mol. The first-order valence-corrected chi connectivity index (χ1v) is 8.25. The van der Waals surface area contributed by atoms with Crippen molar-refractivity contribution < 1.29 is 14.6 Å². The average Bonchev–Trinajstić information content (AvgIpc) is 2.58. The van der Waals surface area contributed by atoms with Crippen molar-refractivity contribution in [2.75, 3.05) is 13.2 Å². The first kappa shape index (κ1) is 18.2. The summed E-state index contributed by atoms with van der Waals surface area (Å²) in [6, 6.07) is 15.3. The van der Waals surface area contributed by atoms with Gasteiger partial charge >= 0.3 is 0 Å². The molecule has 0 fully saturated rings. The lowest BCUT2D eigenvalue weighted by Crippen LogP contribution is -2.27. The van der Waals surface area contributed by atoms with Crippen LogP contribution in [0.4, 0.5) is 0 Å². The third kappa shape index (κ3) is 5.18. The quantitative estimate of drug-likeness (QED) is 0.765. The Bertz CT molecular complexity index is 646. The number of benzene rings is 2. The van der Waals surface area contributed by atoms with Crippen molar-refractivity contribution in [3.8, 4) is 11.1 Å². The van der Waals surface area contributed by atoms with Crippen molar-refractivity contribution in [3.63, 3.8) is 0 Å². The normalized spacial score (nSPS) is 12.2. The SMILES string of the molecule is CC(C)OCCNC(=O)c1ccc(-c2ccc([C@@H](C)O)cc2)cc1. The first-order chi connectivity index (χ1) is 11.5. The Morgan fingerprint density at radius 1 is 1.00 bits per heavy atom. The first-order valence-electron chi connectivity index (χ1n) is 8.25. The molecule has 0 heterocycles. The highest BCUT2D eigenvalue weighted by molar-refractivity contribution is 5.94. The highest BCUT2D eigenvalue weighted by Crippen LogP contribution is 2.22. The Balaban J connectivity index is 1.95. The van der Waals surface area contributed by atoms with Gasteiger partial charge in [-0.1, -0.05) is 36.4 Å². The molecule has 1 amide bonds. The number of ether oxygens (including phenoxy) is 1. The maximum absolute atomic E-state index is 12.1. The molecule has 2 N–H and O–H groups in total. The van der Waals surface area contributed by atoms with Gasteiger partial charge in [0.25, 0.3) is 5.91 Å². The monoisotopic (exact) mass is 327 g/mol. The topological polar surface area (TPSA) is 58.6 Å². The van der Waals surface area contributed by atoms with Crippen LogP contribution in [0.3, 0.4) is 0 Å². The summed E-state index contributed by atoms with van der Waals surface area (Å²) in [5, 5.41) is 12.4. The molecule has 0 radical (unpaired) electrons. The van der Waals surface area contributed by atoms with Crippen LogP contribution in [-0.2, 0) is 4.74 Å². The summed E-state index contributed by atoms with van der Waals surface area (Å²) in [7, 11) is 0. The van der Waals surface area contributed by atoms with Crippen molar-refractivity contribution in [2.45, 2.75) is 33.0 Å². The predicted octanol–water partition coefficient (Wildman–Crippen LogP) is 3.56. The Morgan fingerprint density at radius 3 is 2.04 bits per heavy atom. The molecule has 0 aliphatic rings. The summed E-state index contributed by atoms with van der Waals surface area (Å²) in [6.07, 6.45) is -0.300. The molecule has 0 bridgehead atoms. The lowest BCUT2D eigenvalue weighted by atomic mass is 10.0. The standard InChI is InChI=1S/C20H25NO3/c1-14(2)24-13-12-21-20(23)19-10-8-18(9-11-19)17-6-4-16(5-7-17)15(3)22/h4-11,14-15,22H,12-13H2,1-3H3,(H,21,23)/t15-/m1/s1. The Hall–Kier alpha value is -2.17. The lowest BCUT2D eigenvalue weighted by Gasteiger charge is -2.09. The van der Waals surface area contributed by atoms with E-state index in [0.717, 1.165) is 16.7 Å². The van der Waals surface area contributed by atoms with E-state index in [1.165, 1.54) is 0 Å². The zero-order valence-electron chi connectivity index (χ0n) is 14.5. The van der Waals surface area contributed by atoms with E-state index in [9.17, 15) is 9.90 Å². The highest BCUT2D eigenvalue weighted by Gasteiger charge is 2.06. The van der Waals surface area contributed by atoms with E-state index in [4.69, 9.17) is 4.74 Å². The molecule has 2 aromatic carbocycles. The van der Waals surface area contributed by atoms with Crippen LogP contribution >= 0.6 is 0 Å². The molecule has 4 nitrogen and oxygen atoms in total. The number of hydrogen-bond donors (Lipinski definition) is 2. The molecule has 24 heavy (non-hydrogen) atoms. The maximum Gasteiger partial charge on any atom is 0.251 e. The third-order valence-corrected chi connectivity index (χ3v) is 3.71. The van der Waals surface area contributed by atoms with Gasteiger partial charge in [-0.05, 0) is 49.6 Å². The van der Waals surface area contributed by atoms with Crippen LogP contribution in [0.25, 0.3) is 11.1 Å². The van der Waals surface area contributed by atoms with Crippen LogP contribution < -0.4 is 5.32 Å². The second kappa shape index (κ2) is 8.62. The minimum absolute atomic E-state index is 0.0987. The van der Waals surface area contributed by atoms with Crippen LogP contribution in [0.2, 0.25) is 0 Å². The van der Waals surface area contributed by atoms with Crippen molar-refractivity contribution >= 4 is 5.91 Å². The number of aliphatic hydroxyl groups excluding tert-OH is 1. The van der Waals surface area contributed by atoms with Crippen LogP contribution in [0.1, 0.15) is 42.8 Å². The fourth-order valence-electron chi connectivity index (χ4n) is 2.33. The van der Waals surface area contributed by atoms with Gasteiger partial charge in [0.15, 0.2) is 0 Å². The van der Waals surface area contributed by atoms with E-state index in [1.807, 2.05) is 62.4 Å². The summed E-state index contributed by atoms with van der Waals surface area (Å²) in [4.78, 5) is 12.1. The van der Waals surface area contributed by atoms with Gasteiger partial charge < -0.3 is 15.2 Å². The number of hydrogen-bond acceptors (Lipinski definition) is 3. The molecule has 2 aromatic rings. The second-order valence-electron chi connectivity index (χ2n) is 6.05. The molecule has 0 spiro atoms. The van der Waals surface area contributed by atoms with Crippen molar-refractivity contribution in [1.29, 1.82) is 0 Å². The van der Waals surface area contributed by atoms with Crippen molar-refractivity contribution in [2.24, 2.45) is 0 Å². The van der Waals surface area contributed by atoms with Gasteiger partial charge in [0, 0.05) is 12.1 Å². The van der Waals surface area contributed by atoms with E-state index in [1.54, 1.807) is 6.92 Å². The van der Waals surface area contributed by atoms with Gasteiger partial charge in [-0.2, -0.15) is 0 Å². The fraction of sp³-hybridized carbons (Fsp3) is 0.350. The predicted molar refractivity (Wildman–Crippen MR) is 95.9 cm³/mol. The molecule has 1 atom stereocenters.